The molecule has 0 fully saturated rings. The van der Waals surface area contributed by atoms with Crippen molar-refractivity contribution < 1.29 is 5.11 Å². The number of aliphatic hydroxyl groups is 1. The molecule has 0 aliphatic heterocycles. The molecule has 0 bridgehead atoms. The van der Waals surface area contributed by atoms with Crippen molar-refractivity contribution in [3.05, 3.63) is 18.3 Å². The quantitative estimate of drug-likeness (QED) is 0.605. The summed E-state index contributed by atoms with van der Waals surface area (Å²) in [6, 6.07) is 3.77. The Morgan fingerprint density at radius 2 is 2.24 bits per heavy atom. The van der Waals surface area contributed by atoms with Crippen LogP contribution in [0.2, 0.25) is 0 Å². The Morgan fingerprint density at radius 3 is 2.94 bits per heavy atom. The van der Waals surface area contributed by atoms with Gasteiger partial charge in [-0.3, -0.25) is 5.10 Å². The summed E-state index contributed by atoms with van der Waals surface area (Å²) in [7, 11) is 0. The molecule has 5 nitrogen and oxygen atoms in total. The summed E-state index contributed by atoms with van der Waals surface area (Å²) < 4.78 is 0. The van der Waals surface area contributed by atoms with Crippen LogP contribution >= 0.6 is 0 Å². The van der Waals surface area contributed by atoms with Gasteiger partial charge in [-0.2, -0.15) is 5.10 Å². The average Bonchev–Trinajstić information content (AvgIpc) is 2.72. The minimum Gasteiger partial charge on any atom is -0.397 e. The average molecular weight is 234 g/mol. The third-order valence-electron chi connectivity index (χ3n) is 2.88. The van der Waals surface area contributed by atoms with Crippen LogP contribution in [-0.4, -0.2) is 28.0 Å². The molecule has 0 saturated carbocycles. The first kappa shape index (κ1) is 11.7. The molecule has 5 N–H and O–H groups in total. The number of hydrogen-bond acceptors (Lipinski definition) is 4. The van der Waals surface area contributed by atoms with Crippen molar-refractivity contribution in [2.75, 3.05) is 17.6 Å². The van der Waals surface area contributed by atoms with Gasteiger partial charge in [0.25, 0.3) is 0 Å². The van der Waals surface area contributed by atoms with Crippen LogP contribution in [0.1, 0.15) is 13.8 Å². The van der Waals surface area contributed by atoms with Crippen LogP contribution in [0.3, 0.4) is 0 Å². The summed E-state index contributed by atoms with van der Waals surface area (Å²) in [5, 5.41) is 20.7. The van der Waals surface area contributed by atoms with Crippen LogP contribution < -0.4 is 11.1 Å². The largest absolute Gasteiger partial charge is 0.397 e. The van der Waals surface area contributed by atoms with Crippen molar-refractivity contribution >= 4 is 22.3 Å². The second-order valence-corrected chi connectivity index (χ2v) is 4.59. The zero-order valence-corrected chi connectivity index (χ0v) is 10.1. The predicted molar refractivity (Wildman–Crippen MR) is 69.8 cm³/mol. The maximum absolute atomic E-state index is 9.73. The standard InChI is InChI=1S/C12H18N4O/c1-7(2)12(17)6-14-11-4-10-8(3-9(11)13)5-15-16-10/h3-5,7,12,14,17H,6,13H2,1-2H3,(H,15,16). The van der Waals surface area contributed by atoms with Gasteiger partial charge in [0.1, 0.15) is 0 Å². The number of anilines is 2. The molecule has 1 heterocycles. The third kappa shape index (κ3) is 2.50. The molecule has 17 heavy (non-hydrogen) atoms. The van der Waals surface area contributed by atoms with E-state index in [0.29, 0.717) is 12.2 Å². The lowest BCUT2D eigenvalue weighted by molar-refractivity contribution is 0.138. The zero-order valence-electron chi connectivity index (χ0n) is 10.1. The van der Waals surface area contributed by atoms with Gasteiger partial charge in [-0.1, -0.05) is 13.8 Å². The summed E-state index contributed by atoms with van der Waals surface area (Å²) in [5.41, 5.74) is 8.34. The van der Waals surface area contributed by atoms with E-state index in [1.165, 1.54) is 0 Å². The number of benzene rings is 1. The fourth-order valence-electron chi connectivity index (χ4n) is 1.61. The summed E-state index contributed by atoms with van der Waals surface area (Å²) >= 11 is 0. The Bertz CT molecular complexity index is 506. The minimum atomic E-state index is -0.383. The maximum Gasteiger partial charge on any atom is 0.0735 e. The van der Waals surface area contributed by atoms with E-state index in [1.54, 1.807) is 6.20 Å². The highest BCUT2D eigenvalue weighted by Gasteiger charge is 2.10. The molecule has 2 aromatic rings. The lowest BCUT2D eigenvalue weighted by Gasteiger charge is -2.16. The number of rotatable bonds is 4. The summed E-state index contributed by atoms with van der Waals surface area (Å²) in [5.74, 6) is 0.222. The minimum absolute atomic E-state index is 0.222. The Kier molecular flexibility index (Phi) is 3.19. The normalized spacial score (nSPS) is 13.2. The van der Waals surface area contributed by atoms with Crippen molar-refractivity contribution in [3.8, 4) is 0 Å². The van der Waals surface area contributed by atoms with E-state index in [-0.39, 0.29) is 12.0 Å². The molecule has 5 heteroatoms. The highest BCUT2D eigenvalue weighted by atomic mass is 16.3. The van der Waals surface area contributed by atoms with Crippen LogP contribution in [0.25, 0.3) is 10.9 Å². The molecule has 2 rings (SSSR count). The van der Waals surface area contributed by atoms with E-state index in [4.69, 9.17) is 5.73 Å². The molecule has 92 valence electrons. The summed E-state index contributed by atoms with van der Waals surface area (Å²) in [6.45, 7) is 4.45. The highest BCUT2D eigenvalue weighted by molar-refractivity contribution is 5.88. The first-order valence-electron chi connectivity index (χ1n) is 5.72. The number of fused-ring (bicyclic) bond motifs is 1. The van der Waals surface area contributed by atoms with Gasteiger partial charge in [-0.15, -0.1) is 0 Å². The fraction of sp³-hybridized carbons (Fsp3) is 0.417. The van der Waals surface area contributed by atoms with Crippen molar-refractivity contribution in [2.24, 2.45) is 5.92 Å². The van der Waals surface area contributed by atoms with E-state index in [2.05, 4.69) is 15.5 Å². The van der Waals surface area contributed by atoms with Crippen molar-refractivity contribution in [3.63, 3.8) is 0 Å². The molecule has 1 aromatic heterocycles. The smallest absolute Gasteiger partial charge is 0.0735 e. The van der Waals surface area contributed by atoms with E-state index in [1.807, 2.05) is 26.0 Å². The van der Waals surface area contributed by atoms with Crippen molar-refractivity contribution in [1.82, 2.24) is 10.2 Å². The van der Waals surface area contributed by atoms with Gasteiger partial charge >= 0.3 is 0 Å². The number of nitrogens with zero attached hydrogens (tertiary/aromatic N) is 1. The third-order valence-corrected chi connectivity index (χ3v) is 2.88. The van der Waals surface area contributed by atoms with Gasteiger partial charge < -0.3 is 16.2 Å². The topological polar surface area (TPSA) is 87.0 Å². The predicted octanol–water partition coefficient (Wildman–Crippen LogP) is 1.57. The number of nitrogen functional groups attached to an aromatic ring is 1. The first-order chi connectivity index (χ1) is 8.08. The van der Waals surface area contributed by atoms with Crippen LogP contribution in [0.4, 0.5) is 11.4 Å². The van der Waals surface area contributed by atoms with Gasteiger partial charge in [0.05, 0.1) is 29.2 Å². The van der Waals surface area contributed by atoms with Crippen LogP contribution in [0, 0.1) is 5.92 Å². The molecular weight excluding hydrogens is 216 g/mol. The van der Waals surface area contributed by atoms with Gasteiger partial charge in [-0.25, -0.2) is 0 Å². The van der Waals surface area contributed by atoms with Crippen LogP contribution in [-0.2, 0) is 0 Å². The number of aliphatic hydroxyl groups excluding tert-OH is 1. The highest BCUT2D eigenvalue weighted by Crippen LogP contribution is 2.24. The van der Waals surface area contributed by atoms with Gasteiger partial charge in [0.15, 0.2) is 0 Å². The first-order valence-corrected chi connectivity index (χ1v) is 5.72. The number of hydrogen-bond donors (Lipinski definition) is 4. The van der Waals surface area contributed by atoms with E-state index >= 15 is 0 Å². The van der Waals surface area contributed by atoms with E-state index in [9.17, 15) is 5.11 Å². The number of aromatic nitrogens is 2. The Morgan fingerprint density at radius 1 is 1.47 bits per heavy atom. The molecule has 0 saturated heterocycles. The zero-order chi connectivity index (χ0) is 12.4. The van der Waals surface area contributed by atoms with Gasteiger partial charge in [-0.05, 0) is 18.1 Å². The lowest BCUT2D eigenvalue weighted by Crippen LogP contribution is -2.25. The van der Waals surface area contributed by atoms with Gasteiger partial charge in [0, 0.05) is 11.9 Å². The van der Waals surface area contributed by atoms with Gasteiger partial charge in [0.2, 0.25) is 0 Å². The molecule has 0 aliphatic rings. The van der Waals surface area contributed by atoms with E-state index in [0.717, 1.165) is 16.6 Å². The molecule has 0 spiro atoms. The fourth-order valence-corrected chi connectivity index (χ4v) is 1.61. The SMILES string of the molecule is CC(C)C(O)CNc1cc2[nH]ncc2cc1N. The molecule has 0 amide bonds. The Balaban J connectivity index is 2.15. The lowest BCUT2D eigenvalue weighted by atomic mass is 10.1. The second-order valence-electron chi connectivity index (χ2n) is 4.59. The number of nitrogens with two attached hydrogens (primary N) is 1. The van der Waals surface area contributed by atoms with Crippen LogP contribution in [0.5, 0.6) is 0 Å². The maximum atomic E-state index is 9.73. The van der Waals surface area contributed by atoms with Crippen molar-refractivity contribution in [2.45, 2.75) is 20.0 Å². The second kappa shape index (κ2) is 4.63. The number of nitrogens with one attached hydrogen (secondary N) is 2. The monoisotopic (exact) mass is 234 g/mol. The van der Waals surface area contributed by atoms with Crippen LogP contribution in [0.15, 0.2) is 18.3 Å². The molecule has 0 aliphatic carbocycles. The summed E-state index contributed by atoms with van der Waals surface area (Å²) in [4.78, 5) is 0. The number of aromatic amines is 1. The molecule has 1 unspecified atom stereocenters. The molecule has 0 radical (unpaired) electrons. The summed E-state index contributed by atoms with van der Waals surface area (Å²) in [6.07, 6.45) is 1.35. The molecular formula is C12H18N4O. The molecule has 1 aromatic carbocycles. The molecule has 1 atom stereocenters. The number of H-pyrrole nitrogens is 1. The van der Waals surface area contributed by atoms with E-state index < -0.39 is 0 Å². The Labute approximate surface area is 100 Å². The van der Waals surface area contributed by atoms with Crippen molar-refractivity contribution in [1.29, 1.82) is 0 Å². The Hall–Kier alpha value is -1.75.